The number of unbranched alkanes of at least 4 members (excludes halogenated alkanes) is 1. The predicted octanol–water partition coefficient (Wildman–Crippen LogP) is 5.65. The summed E-state index contributed by atoms with van der Waals surface area (Å²) in [6.07, 6.45) is 3.53. The summed E-state index contributed by atoms with van der Waals surface area (Å²) < 4.78 is 0. The third-order valence-corrected chi connectivity index (χ3v) is 3.87. The molecule has 0 aliphatic carbocycles. The fourth-order valence-corrected chi connectivity index (χ4v) is 2.66. The molecular weight excluding hydrogens is 305 g/mol. The Morgan fingerprint density at radius 1 is 1.10 bits per heavy atom. The Labute approximate surface area is 135 Å². The zero-order valence-electron chi connectivity index (χ0n) is 12.0. The van der Waals surface area contributed by atoms with Crippen LogP contribution in [0.1, 0.15) is 30.9 Å². The molecule has 0 spiro atoms. The fourth-order valence-electron chi connectivity index (χ4n) is 2.12. The Bertz CT molecular complexity index is 596. The van der Waals surface area contributed by atoms with Gasteiger partial charge in [0, 0.05) is 22.8 Å². The van der Waals surface area contributed by atoms with Crippen LogP contribution in [0.3, 0.4) is 0 Å². The number of hydrogen-bond acceptors (Lipinski definition) is 2. The first-order chi connectivity index (χ1) is 10.1. The molecule has 0 aliphatic rings. The summed E-state index contributed by atoms with van der Waals surface area (Å²) >= 11 is 11.9. The highest BCUT2D eigenvalue weighted by atomic mass is 35.5. The summed E-state index contributed by atoms with van der Waals surface area (Å²) in [4.78, 5) is 0. The predicted molar refractivity (Wildman–Crippen MR) is 90.5 cm³/mol. The van der Waals surface area contributed by atoms with E-state index in [1.807, 2.05) is 12.1 Å². The molecule has 0 heterocycles. The molecule has 2 rings (SSSR count). The maximum absolute atomic E-state index is 9.91. The van der Waals surface area contributed by atoms with E-state index in [0.717, 1.165) is 12.1 Å². The fraction of sp³-hybridized carbons (Fsp3) is 0.294. The number of anilines is 1. The molecule has 0 unspecified atom stereocenters. The van der Waals surface area contributed by atoms with Crippen molar-refractivity contribution in [2.45, 2.75) is 32.7 Å². The van der Waals surface area contributed by atoms with Crippen LogP contribution in [0.4, 0.5) is 5.69 Å². The number of phenols is 1. The van der Waals surface area contributed by atoms with Crippen molar-refractivity contribution in [3.05, 3.63) is 57.6 Å². The van der Waals surface area contributed by atoms with Crippen molar-refractivity contribution >= 4 is 28.9 Å². The van der Waals surface area contributed by atoms with E-state index in [1.165, 1.54) is 24.5 Å². The third kappa shape index (κ3) is 4.55. The van der Waals surface area contributed by atoms with E-state index in [2.05, 4.69) is 24.4 Å². The van der Waals surface area contributed by atoms with Gasteiger partial charge in [-0.25, -0.2) is 0 Å². The number of nitrogens with one attached hydrogen (secondary N) is 1. The largest absolute Gasteiger partial charge is 0.506 e. The standard InChI is InChI=1S/C17H19Cl2NO/c1-2-3-4-12-5-7-15(8-6-12)20-11-13-9-14(18)10-16(19)17(13)21/h5-10,20-21H,2-4,11H2,1H3. The van der Waals surface area contributed by atoms with E-state index < -0.39 is 0 Å². The maximum atomic E-state index is 9.91. The first-order valence-electron chi connectivity index (χ1n) is 7.10. The lowest BCUT2D eigenvalue weighted by atomic mass is 10.1. The van der Waals surface area contributed by atoms with Crippen LogP contribution in [0, 0.1) is 0 Å². The SMILES string of the molecule is CCCCc1ccc(NCc2cc(Cl)cc(Cl)c2O)cc1. The number of hydrogen-bond donors (Lipinski definition) is 2. The van der Waals surface area contributed by atoms with E-state index in [-0.39, 0.29) is 10.8 Å². The van der Waals surface area contributed by atoms with Crippen LogP contribution in [0.15, 0.2) is 36.4 Å². The lowest BCUT2D eigenvalue weighted by molar-refractivity contribution is 0.469. The van der Waals surface area contributed by atoms with Crippen LogP contribution >= 0.6 is 23.2 Å². The minimum atomic E-state index is 0.0770. The smallest absolute Gasteiger partial charge is 0.139 e. The Balaban J connectivity index is 2.00. The molecule has 2 nitrogen and oxygen atoms in total. The minimum absolute atomic E-state index is 0.0770. The molecule has 2 aromatic carbocycles. The van der Waals surface area contributed by atoms with Gasteiger partial charge in [-0.05, 0) is 42.7 Å². The minimum Gasteiger partial charge on any atom is -0.506 e. The van der Waals surface area contributed by atoms with Gasteiger partial charge >= 0.3 is 0 Å². The lowest BCUT2D eigenvalue weighted by Gasteiger charge is -2.10. The van der Waals surface area contributed by atoms with Crippen molar-refractivity contribution in [2.24, 2.45) is 0 Å². The van der Waals surface area contributed by atoms with Gasteiger partial charge in [0.15, 0.2) is 0 Å². The molecule has 0 saturated carbocycles. The summed E-state index contributed by atoms with van der Waals surface area (Å²) in [5, 5.41) is 14.0. The Kier molecular flexibility index (Phi) is 5.77. The maximum Gasteiger partial charge on any atom is 0.139 e. The van der Waals surface area contributed by atoms with Crippen LogP contribution in [0.5, 0.6) is 5.75 Å². The van der Waals surface area contributed by atoms with E-state index in [9.17, 15) is 5.11 Å². The monoisotopic (exact) mass is 323 g/mol. The second-order valence-corrected chi connectivity index (χ2v) is 5.89. The zero-order valence-corrected chi connectivity index (χ0v) is 13.5. The molecule has 2 N–H and O–H groups in total. The quantitative estimate of drug-likeness (QED) is 0.719. The third-order valence-electron chi connectivity index (χ3n) is 3.36. The molecule has 0 fully saturated rings. The van der Waals surface area contributed by atoms with E-state index >= 15 is 0 Å². The van der Waals surface area contributed by atoms with Gasteiger partial charge in [-0.1, -0.05) is 48.7 Å². The average molecular weight is 324 g/mol. The molecule has 0 atom stereocenters. The normalized spacial score (nSPS) is 10.6. The summed E-state index contributed by atoms with van der Waals surface area (Å²) in [5.74, 6) is 0.0770. The van der Waals surface area contributed by atoms with Gasteiger partial charge in [0.1, 0.15) is 5.75 Å². The summed E-state index contributed by atoms with van der Waals surface area (Å²) in [6.45, 7) is 2.67. The Morgan fingerprint density at radius 3 is 2.48 bits per heavy atom. The van der Waals surface area contributed by atoms with E-state index in [4.69, 9.17) is 23.2 Å². The van der Waals surface area contributed by atoms with Crippen LogP contribution in [-0.2, 0) is 13.0 Å². The topological polar surface area (TPSA) is 32.3 Å². The molecule has 0 bridgehead atoms. The van der Waals surface area contributed by atoms with Gasteiger partial charge in [-0.15, -0.1) is 0 Å². The zero-order chi connectivity index (χ0) is 15.2. The Hall–Kier alpha value is -1.38. The van der Waals surface area contributed by atoms with Crippen molar-refractivity contribution < 1.29 is 5.11 Å². The second kappa shape index (κ2) is 7.58. The van der Waals surface area contributed by atoms with Crippen LogP contribution < -0.4 is 5.32 Å². The number of benzene rings is 2. The number of aromatic hydroxyl groups is 1. The highest BCUT2D eigenvalue weighted by molar-refractivity contribution is 6.35. The molecule has 4 heteroatoms. The molecular formula is C17H19Cl2NO. The van der Waals surface area contributed by atoms with Crippen molar-refractivity contribution in [1.29, 1.82) is 0 Å². The van der Waals surface area contributed by atoms with Crippen molar-refractivity contribution in [3.63, 3.8) is 0 Å². The van der Waals surface area contributed by atoms with Gasteiger partial charge in [-0.2, -0.15) is 0 Å². The van der Waals surface area contributed by atoms with Gasteiger partial charge in [0.2, 0.25) is 0 Å². The summed E-state index contributed by atoms with van der Waals surface area (Å²) in [5.41, 5.74) is 3.03. The molecule has 0 radical (unpaired) electrons. The van der Waals surface area contributed by atoms with Crippen LogP contribution in [0.25, 0.3) is 0 Å². The lowest BCUT2D eigenvalue weighted by Crippen LogP contribution is -2.00. The highest BCUT2D eigenvalue weighted by Crippen LogP contribution is 2.31. The van der Waals surface area contributed by atoms with Gasteiger partial charge in [-0.3, -0.25) is 0 Å². The number of halogens is 2. The first kappa shape index (κ1) is 16.0. The summed E-state index contributed by atoms with van der Waals surface area (Å²) in [6, 6.07) is 11.6. The molecule has 0 saturated heterocycles. The van der Waals surface area contributed by atoms with Crippen molar-refractivity contribution in [1.82, 2.24) is 0 Å². The molecule has 0 aliphatic heterocycles. The van der Waals surface area contributed by atoms with E-state index in [0.29, 0.717) is 17.1 Å². The van der Waals surface area contributed by atoms with Gasteiger partial charge in [0.25, 0.3) is 0 Å². The molecule has 0 amide bonds. The van der Waals surface area contributed by atoms with Gasteiger partial charge < -0.3 is 10.4 Å². The highest BCUT2D eigenvalue weighted by Gasteiger charge is 2.07. The first-order valence-corrected chi connectivity index (χ1v) is 7.85. The van der Waals surface area contributed by atoms with Crippen molar-refractivity contribution in [3.8, 4) is 5.75 Å². The van der Waals surface area contributed by atoms with Crippen LogP contribution in [0.2, 0.25) is 10.0 Å². The average Bonchev–Trinajstić information content (AvgIpc) is 2.48. The van der Waals surface area contributed by atoms with Gasteiger partial charge in [0.05, 0.1) is 5.02 Å². The number of phenolic OH excluding ortho intramolecular Hbond substituents is 1. The van der Waals surface area contributed by atoms with Crippen molar-refractivity contribution in [2.75, 3.05) is 5.32 Å². The number of rotatable bonds is 6. The van der Waals surface area contributed by atoms with Crippen LogP contribution in [-0.4, -0.2) is 5.11 Å². The molecule has 0 aromatic heterocycles. The number of aryl methyl sites for hydroxylation is 1. The van der Waals surface area contributed by atoms with E-state index in [1.54, 1.807) is 6.07 Å². The summed E-state index contributed by atoms with van der Waals surface area (Å²) in [7, 11) is 0. The molecule has 21 heavy (non-hydrogen) atoms. The molecule has 2 aromatic rings. The molecule has 112 valence electrons. The Morgan fingerprint density at radius 2 is 1.81 bits per heavy atom. The second-order valence-electron chi connectivity index (χ2n) is 5.05.